The Morgan fingerprint density at radius 3 is 1.89 bits per heavy atom. The van der Waals surface area contributed by atoms with Gasteiger partial charge >= 0.3 is 21.9 Å². The molecule has 0 unspecified atom stereocenters. The first-order valence-corrected chi connectivity index (χ1v) is 7.28. The first kappa shape index (κ1) is 19.9. The van der Waals surface area contributed by atoms with E-state index in [4.69, 9.17) is 7.58 Å². The quantitative estimate of drug-likeness (QED) is 0.278. The van der Waals surface area contributed by atoms with Gasteiger partial charge in [-0.2, -0.15) is 0 Å². The summed E-state index contributed by atoms with van der Waals surface area (Å²) in [5.41, 5.74) is 0. The van der Waals surface area contributed by atoms with E-state index in [1.54, 1.807) is 6.92 Å². The molecule has 0 N–H and O–H groups in total. The zero-order valence-corrected chi connectivity index (χ0v) is 13.0. The lowest BCUT2D eigenvalue weighted by atomic mass is 10.2. The van der Waals surface area contributed by atoms with Crippen LogP contribution in [0, 0.1) is 0 Å². The Labute approximate surface area is 117 Å². The minimum Gasteiger partial charge on any atom is -0.484 e. The molecule has 1 radical (unpaired) electrons. The number of rotatable bonds is 9. The summed E-state index contributed by atoms with van der Waals surface area (Å²) >= 11 is -0.178. The zero-order chi connectivity index (χ0) is 14.2. The molecule has 18 heavy (non-hydrogen) atoms. The van der Waals surface area contributed by atoms with E-state index in [0.29, 0.717) is 13.0 Å². The summed E-state index contributed by atoms with van der Waals surface area (Å²) < 4.78 is 14.5. The fourth-order valence-corrected chi connectivity index (χ4v) is 1.29. The van der Waals surface area contributed by atoms with E-state index >= 15 is 0 Å². The fourth-order valence-electron chi connectivity index (χ4n) is 0.924. The number of carbonyl (C=O) groups is 2. The van der Waals surface area contributed by atoms with Gasteiger partial charge in [-0.05, 0) is 27.2 Å². The van der Waals surface area contributed by atoms with E-state index in [1.807, 2.05) is 20.8 Å². The van der Waals surface area contributed by atoms with Crippen LogP contribution < -0.4 is 0 Å². The predicted molar refractivity (Wildman–Crippen MR) is 70.2 cm³/mol. The van der Waals surface area contributed by atoms with Crippen LogP contribution in [0.3, 0.4) is 0 Å². The molecule has 0 bridgehead atoms. The molecule has 0 aromatic carbocycles. The maximum Gasteiger partial charge on any atom is 0.668 e. The SMILES string of the molecule is CCCC(=O)CC(=O)OCC.CC[O][Al][O]CC. The Hall–Kier alpha value is -0.408. The lowest BCUT2D eigenvalue weighted by Gasteiger charge is -1.98. The third-order valence-electron chi connectivity index (χ3n) is 1.65. The Kier molecular flexibility index (Phi) is 18.4. The van der Waals surface area contributed by atoms with E-state index in [9.17, 15) is 9.59 Å². The molecule has 5 nitrogen and oxygen atoms in total. The molecule has 0 aromatic rings. The smallest absolute Gasteiger partial charge is 0.484 e. The van der Waals surface area contributed by atoms with Gasteiger partial charge in [0, 0.05) is 19.6 Å². The Balaban J connectivity index is 0. The van der Waals surface area contributed by atoms with E-state index in [-0.39, 0.29) is 28.1 Å². The highest BCUT2D eigenvalue weighted by molar-refractivity contribution is 6.17. The van der Waals surface area contributed by atoms with Crippen molar-refractivity contribution in [3.8, 4) is 0 Å². The van der Waals surface area contributed by atoms with Crippen molar-refractivity contribution in [1.82, 2.24) is 0 Å². The predicted octanol–water partition coefficient (Wildman–Crippen LogP) is 1.90. The van der Waals surface area contributed by atoms with Crippen molar-refractivity contribution >= 4 is 27.6 Å². The highest BCUT2D eigenvalue weighted by Gasteiger charge is 2.08. The van der Waals surface area contributed by atoms with E-state index in [1.165, 1.54) is 0 Å². The van der Waals surface area contributed by atoms with Gasteiger partial charge < -0.3 is 12.3 Å². The van der Waals surface area contributed by atoms with Gasteiger partial charge in [0.2, 0.25) is 0 Å². The molecule has 0 aliphatic carbocycles. The minimum absolute atomic E-state index is 0.0362. The zero-order valence-electron chi connectivity index (χ0n) is 11.9. The van der Waals surface area contributed by atoms with Crippen LogP contribution in [0.1, 0.15) is 47.0 Å². The molecule has 0 saturated carbocycles. The first-order valence-electron chi connectivity index (χ1n) is 6.34. The van der Waals surface area contributed by atoms with Crippen LogP contribution in [-0.2, 0) is 21.9 Å². The molecule has 0 aromatic heterocycles. The summed E-state index contributed by atoms with van der Waals surface area (Å²) in [5.74, 6) is -0.447. The second-order valence-electron chi connectivity index (χ2n) is 3.28. The van der Waals surface area contributed by atoms with Crippen molar-refractivity contribution < 1.29 is 21.9 Å². The number of ketones is 1. The summed E-state index contributed by atoms with van der Waals surface area (Å²) in [6, 6.07) is 0. The summed E-state index contributed by atoms with van der Waals surface area (Å²) in [6.07, 6.45) is 1.19. The molecule has 0 fully saturated rings. The van der Waals surface area contributed by atoms with Crippen LogP contribution in [0.4, 0.5) is 0 Å². The molecule has 6 heteroatoms. The second-order valence-corrected chi connectivity index (χ2v) is 4.14. The van der Waals surface area contributed by atoms with Crippen molar-refractivity contribution in [2.75, 3.05) is 19.8 Å². The van der Waals surface area contributed by atoms with E-state index < -0.39 is 5.97 Å². The van der Waals surface area contributed by atoms with Gasteiger partial charge in [-0.15, -0.1) is 0 Å². The second kappa shape index (κ2) is 16.6. The van der Waals surface area contributed by atoms with Gasteiger partial charge in [-0.3, -0.25) is 9.59 Å². The number of ether oxygens (including phenoxy) is 1. The van der Waals surface area contributed by atoms with E-state index in [0.717, 1.165) is 19.6 Å². The van der Waals surface area contributed by atoms with Crippen LogP contribution in [0.15, 0.2) is 0 Å². The molecule has 0 amide bonds. The number of carbonyl (C=O) groups excluding carboxylic acids is 2. The molecule has 0 rings (SSSR count). The van der Waals surface area contributed by atoms with Crippen LogP contribution in [0.5, 0.6) is 0 Å². The highest BCUT2D eigenvalue weighted by atomic mass is 27.2. The molecular weight excluding hydrogens is 251 g/mol. The largest absolute Gasteiger partial charge is 0.668 e. The summed E-state index contributed by atoms with van der Waals surface area (Å²) in [5, 5.41) is 0. The third kappa shape index (κ3) is 18.0. The monoisotopic (exact) mass is 275 g/mol. The van der Waals surface area contributed by atoms with Gasteiger partial charge in [0.1, 0.15) is 12.2 Å². The van der Waals surface area contributed by atoms with Gasteiger partial charge in [0.25, 0.3) is 0 Å². The van der Waals surface area contributed by atoms with Crippen molar-refractivity contribution in [2.24, 2.45) is 0 Å². The Bertz CT molecular complexity index is 189. The molecule has 105 valence electrons. The van der Waals surface area contributed by atoms with Gasteiger partial charge in [-0.1, -0.05) is 6.92 Å². The van der Waals surface area contributed by atoms with Crippen LogP contribution in [-0.4, -0.2) is 47.5 Å². The molecule has 0 heterocycles. The lowest BCUT2D eigenvalue weighted by Crippen LogP contribution is -2.10. The van der Waals surface area contributed by atoms with Gasteiger partial charge in [-0.25, -0.2) is 0 Å². The number of esters is 1. The Morgan fingerprint density at radius 2 is 1.50 bits per heavy atom. The summed E-state index contributed by atoms with van der Waals surface area (Å²) in [6.45, 7) is 9.45. The number of Topliss-reactive ketones (excluding diaryl/α,β-unsaturated/α-hetero) is 1. The van der Waals surface area contributed by atoms with Crippen molar-refractivity contribution in [3.63, 3.8) is 0 Å². The summed E-state index contributed by atoms with van der Waals surface area (Å²) in [4.78, 5) is 21.5. The van der Waals surface area contributed by atoms with Crippen LogP contribution in [0.2, 0.25) is 0 Å². The summed E-state index contributed by atoms with van der Waals surface area (Å²) in [7, 11) is 0. The standard InChI is InChI=1S/C8H14O3.2C2H5O.Al/c1-3-5-7(9)6-8(10)11-4-2;2*1-2-3;/h3-6H2,1-2H3;2*2H2,1H3;/q;2*-1;+2. The van der Waals surface area contributed by atoms with Gasteiger partial charge in [0.05, 0.1) is 6.61 Å². The third-order valence-corrected chi connectivity index (χ3v) is 2.58. The molecule has 0 aliphatic rings. The maximum atomic E-state index is 10.8. The molecule has 0 aliphatic heterocycles. The number of hydrogen-bond acceptors (Lipinski definition) is 5. The fraction of sp³-hybridized carbons (Fsp3) is 0.833. The first-order chi connectivity index (χ1) is 8.62. The van der Waals surface area contributed by atoms with Crippen molar-refractivity contribution in [3.05, 3.63) is 0 Å². The average molecular weight is 275 g/mol. The van der Waals surface area contributed by atoms with Crippen molar-refractivity contribution in [1.29, 1.82) is 0 Å². The van der Waals surface area contributed by atoms with E-state index in [2.05, 4.69) is 4.74 Å². The molecular formula is C12H24AlO5. The average Bonchev–Trinajstić information content (AvgIpc) is 2.31. The normalized spacial score (nSPS) is 9.11. The Morgan fingerprint density at radius 1 is 0.944 bits per heavy atom. The highest BCUT2D eigenvalue weighted by Crippen LogP contribution is 1.95. The molecule has 0 atom stereocenters. The van der Waals surface area contributed by atoms with Crippen LogP contribution in [0.25, 0.3) is 0 Å². The van der Waals surface area contributed by atoms with Gasteiger partial charge in [0.15, 0.2) is 0 Å². The van der Waals surface area contributed by atoms with Crippen molar-refractivity contribution in [2.45, 2.75) is 47.0 Å². The number of hydrogen-bond donors (Lipinski definition) is 0. The topological polar surface area (TPSA) is 61.8 Å². The van der Waals surface area contributed by atoms with Crippen LogP contribution >= 0.6 is 0 Å². The maximum absolute atomic E-state index is 10.8. The molecule has 0 saturated heterocycles. The minimum atomic E-state index is -0.411. The molecule has 0 spiro atoms. The lowest BCUT2D eigenvalue weighted by molar-refractivity contribution is -0.145.